The second-order valence-corrected chi connectivity index (χ2v) is 4.47. The summed E-state index contributed by atoms with van der Waals surface area (Å²) in [7, 11) is 1.43. The van der Waals surface area contributed by atoms with Crippen molar-refractivity contribution in [3.8, 4) is 0 Å². The number of halogens is 4. The maximum Gasteiger partial charge on any atom is 0.434 e. The summed E-state index contributed by atoms with van der Waals surface area (Å²) in [5, 5.41) is 11.3. The van der Waals surface area contributed by atoms with Gasteiger partial charge in [0.25, 0.3) is 0 Å². The second-order valence-electron chi connectivity index (χ2n) is 4.47. The molecule has 2 aromatic rings. The Balaban J connectivity index is 2.57. The van der Waals surface area contributed by atoms with E-state index in [1.807, 2.05) is 0 Å². The Morgan fingerprint density at radius 3 is 2.61 bits per heavy atom. The maximum atomic E-state index is 13.9. The third-order valence-corrected chi connectivity index (χ3v) is 2.85. The molecule has 0 amide bonds. The van der Waals surface area contributed by atoms with Crippen LogP contribution in [0.15, 0.2) is 12.1 Å². The largest absolute Gasteiger partial charge is 0.478 e. The molecule has 0 aromatic carbocycles. The van der Waals surface area contributed by atoms with E-state index >= 15 is 0 Å². The van der Waals surface area contributed by atoms with E-state index in [1.165, 1.54) is 7.11 Å². The summed E-state index contributed by atoms with van der Waals surface area (Å²) in [6.45, 7) is 0.420. The number of carbonyl (C=O) groups is 1. The molecule has 2 rings (SSSR count). The molecular formula is C13H11F4N3O3. The standard InChI is InChI=1S/C13H11F4N3O3/c1-23-3-2-18-11-8(14)5-6-4-7(12(21)22)9(13(15,16)17)19-10(6)20-11/h4-5H,2-3H2,1H3,(H,21,22)(H,18,19,20). The Kier molecular flexibility index (Phi) is 4.64. The van der Waals surface area contributed by atoms with Gasteiger partial charge in [0.1, 0.15) is 0 Å². The molecule has 2 heterocycles. The fraction of sp³-hybridized carbons (Fsp3) is 0.308. The van der Waals surface area contributed by atoms with Crippen molar-refractivity contribution in [1.29, 1.82) is 0 Å². The molecular weight excluding hydrogens is 322 g/mol. The molecule has 23 heavy (non-hydrogen) atoms. The number of ether oxygens (including phenoxy) is 1. The molecule has 0 saturated carbocycles. The van der Waals surface area contributed by atoms with Crippen LogP contribution in [0.4, 0.5) is 23.4 Å². The predicted molar refractivity (Wildman–Crippen MR) is 71.8 cm³/mol. The van der Waals surface area contributed by atoms with Crippen molar-refractivity contribution in [2.75, 3.05) is 25.6 Å². The van der Waals surface area contributed by atoms with E-state index in [9.17, 15) is 22.4 Å². The van der Waals surface area contributed by atoms with Gasteiger partial charge in [-0.2, -0.15) is 13.2 Å². The molecule has 2 aromatic heterocycles. The third-order valence-electron chi connectivity index (χ3n) is 2.85. The Bertz CT molecular complexity index is 749. The summed E-state index contributed by atoms with van der Waals surface area (Å²) >= 11 is 0. The van der Waals surface area contributed by atoms with Crippen LogP contribution >= 0.6 is 0 Å². The van der Waals surface area contributed by atoms with E-state index in [0.717, 1.165) is 6.07 Å². The van der Waals surface area contributed by atoms with Crippen LogP contribution in [0, 0.1) is 5.82 Å². The third kappa shape index (κ3) is 3.65. The molecule has 0 spiro atoms. The average Bonchev–Trinajstić information content (AvgIpc) is 2.45. The molecule has 0 aliphatic carbocycles. The number of nitrogens with one attached hydrogen (secondary N) is 1. The lowest BCUT2D eigenvalue weighted by Gasteiger charge is -2.12. The number of hydrogen-bond donors (Lipinski definition) is 2. The van der Waals surface area contributed by atoms with Crippen LogP contribution in [-0.2, 0) is 10.9 Å². The minimum atomic E-state index is -4.97. The highest BCUT2D eigenvalue weighted by molar-refractivity contribution is 5.93. The van der Waals surface area contributed by atoms with Crippen LogP contribution in [0.25, 0.3) is 11.0 Å². The van der Waals surface area contributed by atoms with E-state index < -0.39 is 34.9 Å². The molecule has 0 aliphatic rings. The SMILES string of the molecule is COCCNc1nc2nc(C(F)(F)F)c(C(=O)O)cc2cc1F. The molecule has 0 saturated heterocycles. The van der Waals surface area contributed by atoms with Gasteiger partial charge in [-0.25, -0.2) is 19.2 Å². The van der Waals surface area contributed by atoms with Crippen molar-refractivity contribution >= 4 is 22.8 Å². The molecule has 124 valence electrons. The van der Waals surface area contributed by atoms with E-state index in [1.54, 1.807) is 0 Å². The number of hydrogen-bond acceptors (Lipinski definition) is 5. The molecule has 0 bridgehead atoms. The van der Waals surface area contributed by atoms with E-state index in [4.69, 9.17) is 9.84 Å². The van der Waals surface area contributed by atoms with Crippen molar-refractivity contribution in [2.24, 2.45) is 0 Å². The van der Waals surface area contributed by atoms with E-state index in [-0.39, 0.29) is 24.4 Å². The van der Waals surface area contributed by atoms with Gasteiger partial charge in [-0.05, 0) is 12.1 Å². The summed E-state index contributed by atoms with van der Waals surface area (Å²) in [6.07, 6.45) is -4.97. The summed E-state index contributed by atoms with van der Waals surface area (Å²) in [5.41, 5.74) is -3.06. The quantitative estimate of drug-likeness (QED) is 0.646. The predicted octanol–water partition coefficient (Wildman–Crippen LogP) is 2.54. The molecule has 2 N–H and O–H groups in total. The van der Waals surface area contributed by atoms with Gasteiger partial charge in [0, 0.05) is 19.0 Å². The number of rotatable bonds is 5. The van der Waals surface area contributed by atoms with Crippen LogP contribution < -0.4 is 5.32 Å². The fourth-order valence-electron chi connectivity index (χ4n) is 1.85. The molecule has 0 aliphatic heterocycles. The van der Waals surface area contributed by atoms with Gasteiger partial charge in [0.15, 0.2) is 23.0 Å². The van der Waals surface area contributed by atoms with Crippen LogP contribution in [0.5, 0.6) is 0 Å². The number of anilines is 1. The minimum absolute atomic E-state index is 0.148. The van der Waals surface area contributed by atoms with Gasteiger partial charge in [-0.3, -0.25) is 0 Å². The van der Waals surface area contributed by atoms with Crippen molar-refractivity contribution < 1.29 is 32.2 Å². The number of aromatic nitrogens is 2. The van der Waals surface area contributed by atoms with Gasteiger partial charge < -0.3 is 15.2 Å². The normalized spacial score (nSPS) is 11.7. The zero-order chi connectivity index (χ0) is 17.2. The lowest BCUT2D eigenvalue weighted by Crippen LogP contribution is -2.16. The lowest BCUT2D eigenvalue weighted by atomic mass is 10.1. The van der Waals surface area contributed by atoms with Gasteiger partial charge in [0.2, 0.25) is 0 Å². The highest BCUT2D eigenvalue weighted by atomic mass is 19.4. The molecule has 0 atom stereocenters. The number of aromatic carboxylic acids is 1. The Morgan fingerprint density at radius 1 is 1.35 bits per heavy atom. The number of carboxylic acids is 1. The Hall–Kier alpha value is -2.49. The maximum absolute atomic E-state index is 13.9. The number of fused-ring (bicyclic) bond motifs is 1. The van der Waals surface area contributed by atoms with Crippen LogP contribution in [-0.4, -0.2) is 41.3 Å². The summed E-state index contributed by atoms with van der Waals surface area (Å²) in [4.78, 5) is 17.9. The van der Waals surface area contributed by atoms with Gasteiger partial charge in [0.05, 0.1) is 12.2 Å². The first-order chi connectivity index (χ1) is 10.7. The smallest absolute Gasteiger partial charge is 0.434 e. The Labute approximate surface area is 127 Å². The molecule has 6 nitrogen and oxygen atoms in total. The van der Waals surface area contributed by atoms with Gasteiger partial charge in [-0.1, -0.05) is 0 Å². The van der Waals surface area contributed by atoms with E-state index in [0.29, 0.717) is 6.07 Å². The summed E-state index contributed by atoms with van der Waals surface area (Å²) in [6, 6.07) is 1.57. The second kappa shape index (κ2) is 6.32. The zero-order valence-electron chi connectivity index (χ0n) is 11.7. The van der Waals surface area contributed by atoms with Gasteiger partial charge in [-0.15, -0.1) is 0 Å². The number of nitrogens with zero attached hydrogens (tertiary/aromatic N) is 2. The number of carboxylic acid groups (broad SMARTS) is 1. The first-order valence-electron chi connectivity index (χ1n) is 6.28. The highest BCUT2D eigenvalue weighted by Crippen LogP contribution is 2.32. The van der Waals surface area contributed by atoms with Crippen molar-refractivity contribution in [3.63, 3.8) is 0 Å². The van der Waals surface area contributed by atoms with Gasteiger partial charge >= 0.3 is 12.1 Å². The monoisotopic (exact) mass is 333 g/mol. The molecule has 0 unspecified atom stereocenters. The number of alkyl halides is 3. The highest BCUT2D eigenvalue weighted by Gasteiger charge is 2.38. The Morgan fingerprint density at radius 2 is 2.04 bits per heavy atom. The van der Waals surface area contributed by atoms with Crippen molar-refractivity contribution in [1.82, 2.24) is 9.97 Å². The summed E-state index contributed by atoms with van der Waals surface area (Å²) in [5.74, 6) is -2.95. The van der Waals surface area contributed by atoms with Crippen LogP contribution in [0.2, 0.25) is 0 Å². The molecule has 10 heteroatoms. The van der Waals surface area contributed by atoms with E-state index in [2.05, 4.69) is 15.3 Å². The zero-order valence-corrected chi connectivity index (χ0v) is 11.7. The summed E-state index contributed by atoms with van der Waals surface area (Å²) < 4.78 is 57.3. The van der Waals surface area contributed by atoms with Crippen molar-refractivity contribution in [2.45, 2.75) is 6.18 Å². The first kappa shape index (κ1) is 16.9. The van der Waals surface area contributed by atoms with Crippen LogP contribution in [0.3, 0.4) is 0 Å². The molecule has 0 radical (unpaired) electrons. The number of pyridine rings is 2. The lowest BCUT2D eigenvalue weighted by molar-refractivity contribution is -0.141. The number of methoxy groups -OCH3 is 1. The molecule has 0 fully saturated rings. The van der Waals surface area contributed by atoms with Crippen molar-refractivity contribution in [3.05, 3.63) is 29.2 Å². The van der Waals surface area contributed by atoms with Crippen LogP contribution in [0.1, 0.15) is 16.1 Å². The topological polar surface area (TPSA) is 84.3 Å². The average molecular weight is 333 g/mol. The fourth-order valence-corrected chi connectivity index (χ4v) is 1.85. The minimum Gasteiger partial charge on any atom is -0.478 e. The first-order valence-corrected chi connectivity index (χ1v) is 6.28.